The van der Waals surface area contributed by atoms with Crippen LogP contribution in [-0.4, -0.2) is 58.4 Å². The summed E-state index contributed by atoms with van der Waals surface area (Å²) in [5, 5.41) is 4.82. The Kier molecular flexibility index (Phi) is 5.64. The van der Waals surface area contributed by atoms with E-state index in [1.165, 1.54) is 0 Å². The number of carbonyl (C=O) groups excluding carboxylic acids is 1. The van der Waals surface area contributed by atoms with Gasteiger partial charge in [-0.1, -0.05) is 43.7 Å². The molecule has 7 nitrogen and oxygen atoms in total. The van der Waals surface area contributed by atoms with E-state index < -0.39 is 0 Å². The number of aromatic nitrogens is 3. The SMILES string of the molecule is CCCCOC(=O)N1CCN(c2ccc3nc(-c4ccccc4)c(C)n3n2)CC1. The van der Waals surface area contributed by atoms with Crippen LogP contribution in [0.2, 0.25) is 0 Å². The van der Waals surface area contributed by atoms with E-state index in [2.05, 4.69) is 24.0 Å². The molecule has 152 valence electrons. The number of carbonyl (C=O) groups is 1. The monoisotopic (exact) mass is 393 g/mol. The molecular weight excluding hydrogens is 366 g/mol. The average Bonchev–Trinajstić information content (AvgIpc) is 3.10. The van der Waals surface area contributed by atoms with Gasteiger partial charge in [-0.3, -0.25) is 0 Å². The second kappa shape index (κ2) is 8.51. The summed E-state index contributed by atoms with van der Waals surface area (Å²) in [5.41, 5.74) is 3.90. The number of benzene rings is 1. The van der Waals surface area contributed by atoms with Crippen molar-refractivity contribution in [3.8, 4) is 11.3 Å². The molecule has 7 heteroatoms. The van der Waals surface area contributed by atoms with Crippen molar-refractivity contribution in [1.82, 2.24) is 19.5 Å². The number of hydrogen-bond donors (Lipinski definition) is 0. The Labute approximate surface area is 170 Å². The van der Waals surface area contributed by atoms with E-state index >= 15 is 0 Å². The molecule has 0 N–H and O–H groups in total. The molecule has 0 aliphatic carbocycles. The molecule has 0 atom stereocenters. The van der Waals surface area contributed by atoms with Crippen molar-refractivity contribution in [2.45, 2.75) is 26.7 Å². The van der Waals surface area contributed by atoms with Crippen LogP contribution in [0.15, 0.2) is 42.5 Å². The van der Waals surface area contributed by atoms with Crippen molar-refractivity contribution >= 4 is 17.6 Å². The molecule has 1 aromatic carbocycles. The minimum atomic E-state index is -0.209. The minimum Gasteiger partial charge on any atom is -0.449 e. The van der Waals surface area contributed by atoms with Crippen molar-refractivity contribution in [3.63, 3.8) is 0 Å². The normalized spacial score (nSPS) is 14.4. The first-order valence-corrected chi connectivity index (χ1v) is 10.3. The molecule has 1 aliphatic rings. The van der Waals surface area contributed by atoms with Crippen LogP contribution in [0.4, 0.5) is 10.6 Å². The van der Waals surface area contributed by atoms with Gasteiger partial charge in [0.05, 0.1) is 18.0 Å². The Bertz CT molecular complexity index is 978. The Morgan fingerprint density at radius 2 is 1.83 bits per heavy atom. The lowest BCUT2D eigenvalue weighted by atomic mass is 10.1. The number of nitrogens with zero attached hydrogens (tertiary/aromatic N) is 5. The van der Waals surface area contributed by atoms with Gasteiger partial charge in [0.2, 0.25) is 0 Å². The zero-order valence-corrected chi connectivity index (χ0v) is 17.0. The van der Waals surface area contributed by atoms with Gasteiger partial charge in [-0.2, -0.15) is 0 Å². The maximum Gasteiger partial charge on any atom is 0.409 e. The van der Waals surface area contributed by atoms with E-state index in [-0.39, 0.29) is 6.09 Å². The summed E-state index contributed by atoms with van der Waals surface area (Å²) >= 11 is 0. The van der Waals surface area contributed by atoms with Crippen molar-refractivity contribution in [3.05, 3.63) is 48.2 Å². The third-order valence-electron chi connectivity index (χ3n) is 5.32. The summed E-state index contributed by atoms with van der Waals surface area (Å²) in [6.45, 7) is 7.38. The lowest BCUT2D eigenvalue weighted by Crippen LogP contribution is -2.49. The lowest BCUT2D eigenvalue weighted by molar-refractivity contribution is 0.0989. The van der Waals surface area contributed by atoms with Crippen LogP contribution in [0.5, 0.6) is 0 Å². The number of anilines is 1. The zero-order chi connectivity index (χ0) is 20.2. The maximum absolute atomic E-state index is 12.1. The van der Waals surface area contributed by atoms with Crippen molar-refractivity contribution < 1.29 is 9.53 Å². The van der Waals surface area contributed by atoms with E-state index in [0.29, 0.717) is 19.7 Å². The predicted octanol–water partition coefficient (Wildman–Crippen LogP) is 3.76. The van der Waals surface area contributed by atoms with Gasteiger partial charge >= 0.3 is 6.09 Å². The lowest BCUT2D eigenvalue weighted by Gasteiger charge is -2.34. The van der Waals surface area contributed by atoms with Gasteiger partial charge in [0, 0.05) is 31.7 Å². The Balaban J connectivity index is 1.47. The number of ether oxygens (including phenoxy) is 1. The molecule has 0 unspecified atom stereocenters. The highest BCUT2D eigenvalue weighted by Gasteiger charge is 2.23. The molecule has 0 saturated carbocycles. The van der Waals surface area contributed by atoms with Gasteiger partial charge in [0.15, 0.2) is 5.65 Å². The number of hydrogen-bond acceptors (Lipinski definition) is 5. The number of unbranched alkanes of at least 4 members (excludes halogenated alkanes) is 1. The fourth-order valence-electron chi connectivity index (χ4n) is 3.59. The number of imidazole rings is 1. The van der Waals surface area contributed by atoms with E-state index in [9.17, 15) is 4.79 Å². The first-order valence-electron chi connectivity index (χ1n) is 10.3. The Morgan fingerprint density at radius 1 is 1.07 bits per heavy atom. The predicted molar refractivity (Wildman–Crippen MR) is 113 cm³/mol. The molecule has 0 spiro atoms. The van der Waals surface area contributed by atoms with Gasteiger partial charge in [-0.15, -0.1) is 5.10 Å². The largest absolute Gasteiger partial charge is 0.449 e. The molecule has 1 aliphatic heterocycles. The first kappa shape index (κ1) is 19.2. The van der Waals surface area contributed by atoms with E-state index in [4.69, 9.17) is 14.8 Å². The Morgan fingerprint density at radius 3 is 2.55 bits per heavy atom. The van der Waals surface area contributed by atoms with Crippen molar-refractivity contribution in [1.29, 1.82) is 0 Å². The second-order valence-corrected chi connectivity index (χ2v) is 7.32. The number of amides is 1. The third kappa shape index (κ3) is 4.04. The van der Waals surface area contributed by atoms with Gasteiger partial charge in [0.25, 0.3) is 0 Å². The Hall–Kier alpha value is -3.09. The van der Waals surface area contributed by atoms with Crippen molar-refractivity contribution in [2.75, 3.05) is 37.7 Å². The average molecular weight is 393 g/mol. The zero-order valence-electron chi connectivity index (χ0n) is 17.0. The van der Waals surface area contributed by atoms with Gasteiger partial charge in [0.1, 0.15) is 5.82 Å². The minimum absolute atomic E-state index is 0.209. The molecule has 1 fully saturated rings. The van der Waals surface area contributed by atoms with Crippen LogP contribution >= 0.6 is 0 Å². The van der Waals surface area contributed by atoms with Crippen LogP contribution < -0.4 is 4.90 Å². The second-order valence-electron chi connectivity index (χ2n) is 7.32. The molecule has 4 rings (SSSR count). The van der Waals surface area contributed by atoms with Gasteiger partial charge in [-0.25, -0.2) is 14.3 Å². The standard InChI is InChI=1S/C22H27N5O2/c1-3-4-16-29-22(28)26-14-12-25(13-15-26)20-11-10-19-23-21(17(2)27(19)24-20)18-8-6-5-7-9-18/h5-11H,3-4,12-16H2,1-2H3. The highest BCUT2D eigenvalue weighted by molar-refractivity contribution is 5.68. The van der Waals surface area contributed by atoms with Crippen LogP contribution in [0.3, 0.4) is 0 Å². The summed E-state index contributed by atoms with van der Waals surface area (Å²) in [5.74, 6) is 0.900. The van der Waals surface area contributed by atoms with Gasteiger partial charge < -0.3 is 14.5 Å². The molecule has 3 heterocycles. The highest BCUT2D eigenvalue weighted by Crippen LogP contribution is 2.24. The number of rotatable bonds is 5. The summed E-state index contributed by atoms with van der Waals surface area (Å²) in [6.07, 6.45) is 1.72. The number of piperazine rings is 1. The van der Waals surface area contributed by atoms with Crippen molar-refractivity contribution in [2.24, 2.45) is 0 Å². The molecular formula is C22H27N5O2. The summed E-state index contributed by atoms with van der Waals surface area (Å²) in [7, 11) is 0. The third-order valence-corrected chi connectivity index (χ3v) is 5.32. The van der Waals surface area contributed by atoms with Gasteiger partial charge in [-0.05, 0) is 25.5 Å². The maximum atomic E-state index is 12.1. The van der Waals surface area contributed by atoms with Crippen LogP contribution in [-0.2, 0) is 4.74 Å². The number of fused-ring (bicyclic) bond motifs is 1. The van der Waals surface area contributed by atoms with E-state index in [1.54, 1.807) is 4.90 Å². The fraction of sp³-hybridized carbons (Fsp3) is 0.409. The van der Waals surface area contributed by atoms with E-state index in [1.807, 2.05) is 41.8 Å². The highest BCUT2D eigenvalue weighted by atomic mass is 16.6. The topological polar surface area (TPSA) is 63.0 Å². The van der Waals surface area contributed by atoms with Crippen LogP contribution in [0.1, 0.15) is 25.5 Å². The first-order chi connectivity index (χ1) is 14.2. The quantitative estimate of drug-likeness (QED) is 0.618. The van der Waals surface area contributed by atoms with E-state index in [0.717, 1.165) is 54.3 Å². The molecule has 0 bridgehead atoms. The summed E-state index contributed by atoms with van der Waals surface area (Å²) in [6, 6.07) is 14.2. The summed E-state index contributed by atoms with van der Waals surface area (Å²) < 4.78 is 7.23. The molecule has 1 amide bonds. The summed E-state index contributed by atoms with van der Waals surface area (Å²) in [4.78, 5) is 20.9. The fourth-order valence-corrected chi connectivity index (χ4v) is 3.59. The molecule has 0 radical (unpaired) electrons. The van der Waals surface area contributed by atoms with Crippen LogP contribution in [0.25, 0.3) is 16.9 Å². The molecule has 2 aromatic heterocycles. The van der Waals surface area contributed by atoms with Crippen LogP contribution in [0, 0.1) is 6.92 Å². The molecule has 3 aromatic rings. The smallest absolute Gasteiger partial charge is 0.409 e. The molecule has 1 saturated heterocycles. The number of aryl methyl sites for hydroxylation is 1. The molecule has 29 heavy (non-hydrogen) atoms.